The van der Waals surface area contributed by atoms with Gasteiger partial charge in [0.1, 0.15) is 12.1 Å². The lowest BCUT2D eigenvalue weighted by atomic mass is 10.5. The fraction of sp³-hybridized carbons (Fsp3) is 0.167. The van der Waals surface area contributed by atoms with Crippen molar-refractivity contribution in [3.8, 4) is 5.88 Å². The van der Waals surface area contributed by atoms with Gasteiger partial charge in [-0.15, -0.1) is 0 Å². The molecular formula is C6H5F2NOS. The Morgan fingerprint density at radius 1 is 1.55 bits per heavy atom. The standard InChI is InChI=1S/C6H5F2NOS/c7-6(11-8)10-5-3-1-2-4-9-5/h1-4,6H. The summed E-state index contributed by atoms with van der Waals surface area (Å²) in [5.41, 5.74) is -2.00. The molecule has 1 rings (SSSR count). The van der Waals surface area contributed by atoms with Crippen LogP contribution in [0.15, 0.2) is 24.4 Å². The van der Waals surface area contributed by atoms with Gasteiger partial charge in [0.05, 0.1) is 0 Å². The Morgan fingerprint density at radius 3 is 2.91 bits per heavy atom. The highest BCUT2D eigenvalue weighted by atomic mass is 32.2. The van der Waals surface area contributed by atoms with E-state index in [0.29, 0.717) is 0 Å². The summed E-state index contributed by atoms with van der Waals surface area (Å²) in [4.78, 5) is 3.62. The van der Waals surface area contributed by atoms with Crippen LogP contribution in [0, 0.1) is 0 Å². The first kappa shape index (κ1) is 8.26. The topological polar surface area (TPSA) is 22.1 Å². The molecule has 60 valence electrons. The van der Waals surface area contributed by atoms with Gasteiger partial charge < -0.3 is 4.74 Å². The van der Waals surface area contributed by atoms with E-state index in [1.807, 2.05) is 0 Å². The number of hydrogen-bond donors (Lipinski definition) is 0. The molecular weight excluding hydrogens is 172 g/mol. The molecule has 0 saturated carbocycles. The average molecular weight is 177 g/mol. The average Bonchev–Trinajstić information content (AvgIpc) is 2.06. The van der Waals surface area contributed by atoms with Crippen LogP contribution in [-0.4, -0.2) is 10.7 Å². The Morgan fingerprint density at radius 2 is 2.36 bits per heavy atom. The van der Waals surface area contributed by atoms with E-state index in [2.05, 4.69) is 9.72 Å². The van der Waals surface area contributed by atoms with Gasteiger partial charge in [0, 0.05) is 12.3 Å². The molecule has 0 radical (unpaired) electrons. The van der Waals surface area contributed by atoms with Crippen LogP contribution in [0.25, 0.3) is 0 Å². The molecule has 5 heteroatoms. The van der Waals surface area contributed by atoms with Crippen molar-refractivity contribution >= 4 is 12.1 Å². The van der Waals surface area contributed by atoms with E-state index < -0.39 is 17.8 Å². The van der Waals surface area contributed by atoms with Crippen molar-refractivity contribution in [2.45, 2.75) is 5.69 Å². The van der Waals surface area contributed by atoms with Gasteiger partial charge in [-0.1, -0.05) is 6.07 Å². The Hall–Kier alpha value is -0.840. The number of pyridine rings is 1. The van der Waals surface area contributed by atoms with Crippen molar-refractivity contribution in [3.63, 3.8) is 0 Å². The number of aromatic nitrogens is 1. The third-order valence-electron chi connectivity index (χ3n) is 0.921. The fourth-order valence-electron chi connectivity index (χ4n) is 0.530. The minimum Gasteiger partial charge on any atom is -0.431 e. The predicted octanol–water partition coefficient (Wildman–Crippen LogP) is 2.33. The number of halogens is 2. The van der Waals surface area contributed by atoms with Gasteiger partial charge in [-0.2, -0.15) is 8.28 Å². The van der Waals surface area contributed by atoms with Crippen molar-refractivity contribution < 1.29 is 13.0 Å². The third kappa shape index (κ3) is 2.71. The molecule has 2 nitrogen and oxygen atoms in total. The largest absolute Gasteiger partial charge is 0.431 e. The molecule has 0 fully saturated rings. The van der Waals surface area contributed by atoms with E-state index in [-0.39, 0.29) is 5.88 Å². The van der Waals surface area contributed by atoms with Gasteiger partial charge in [-0.25, -0.2) is 4.98 Å². The maximum Gasteiger partial charge on any atom is 0.317 e. The van der Waals surface area contributed by atoms with Gasteiger partial charge in [0.15, 0.2) is 0 Å². The molecule has 0 bridgehead atoms. The molecule has 0 spiro atoms. The first-order chi connectivity index (χ1) is 5.33. The number of hydrogen-bond acceptors (Lipinski definition) is 3. The van der Waals surface area contributed by atoms with Crippen LogP contribution in [0.3, 0.4) is 0 Å². The van der Waals surface area contributed by atoms with Gasteiger partial charge >= 0.3 is 5.69 Å². The molecule has 1 heterocycles. The summed E-state index contributed by atoms with van der Waals surface area (Å²) >= 11 is -0.509. The van der Waals surface area contributed by atoms with Crippen LogP contribution in [0.5, 0.6) is 5.88 Å². The summed E-state index contributed by atoms with van der Waals surface area (Å²) in [7, 11) is 0. The van der Waals surface area contributed by atoms with Gasteiger partial charge in [0.2, 0.25) is 5.88 Å². The Kier molecular flexibility index (Phi) is 3.10. The molecule has 0 aliphatic heterocycles. The highest BCUT2D eigenvalue weighted by Crippen LogP contribution is 2.17. The number of alkyl halides is 1. The van der Waals surface area contributed by atoms with E-state index in [1.54, 1.807) is 12.1 Å². The van der Waals surface area contributed by atoms with E-state index in [1.165, 1.54) is 12.3 Å². The number of rotatable bonds is 3. The Labute approximate surface area is 66.9 Å². The normalized spacial score (nSPS) is 12.5. The monoisotopic (exact) mass is 177 g/mol. The molecule has 1 aromatic heterocycles. The fourth-order valence-corrected chi connectivity index (χ4v) is 0.665. The molecule has 1 aromatic rings. The van der Waals surface area contributed by atoms with Crippen LogP contribution in [0.4, 0.5) is 8.28 Å². The summed E-state index contributed by atoms with van der Waals surface area (Å²) < 4.78 is 28.0. The predicted molar refractivity (Wildman–Crippen MR) is 38.5 cm³/mol. The van der Waals surface area contributed by atoms with E-state index >= 15 is 0 Å². The molecule has 0 aliphatic carbocycles. The Bertz CT molecular complexity index is 209. The van der Waals surface area contributed by atoms with Crippen LogP contribution < -0.4 is 4.74 Å². The molecule has 0 saturated heterocycles. The molecule has 1 unspecified atom stereocenters. The maximum atomic E-state index is 12.1. The Balaban J connectivity index is 2.51. The summed E-state index contributed by atoms with van der Waals surface area (Å²) in [5.74, 6) is 0.0742. The van der Waals surface area contributed by atoms with Crippen molar-refractivity contribution in [1.82, 2.24) is 4.98 Å². The van der Waals surface area contributed by atoms with Crippen LogP contribution >= 0.6 is 12.1 Å². The SMILES string of the molecule is FSC(F)Oc1ccccn1. The quantitative estimate of drug-likeness (QED) is 0.661. The first-order valence-corrected chi connectivity index (χ1v) is 3.60. The van der Waals surface area contributed by atoms with E-state index in [9.17, 15) is 8.28 Å². The second-order valence-electron chi connectivity index (χ2n) is 1.65. The van der Waals surface area contributed by atoms with Gasteiger partial charge in [-0.05, 0) is 6.07 Å². The molecule has 0 aliphatic rings. The summed E-state index contributed by atoms with van der Waals surface area (Å²) in [6.07, 6.45) is 1.44. The second kappa shape index (κ2) is 4.12. The zero-order valence-corrected chi connectivity index (χ0v) is 6.22. The summed E-state index contributed by atoms with van der Waals surface area (Å²) in [5, 5.41) is 0. The maximum absolute atomic E-state index is 12.1. The summed E-state index contributed by atoms with van der Waals surface area (Å²) in [6, 6.07) is 4.73. The lowest BCUT2D eigenvalue weighted by Crippen LogP contribution is -2.03. The van der Waals surface area contributed by atoms with E-state index in [0.717, 1.165) is 0 Å². The zero-order chi connectivity index (χ0) is 8.10. The second-order valence-corrected chi connectivity index (χ2v) is 2.20. The van der Waals surface area contributed by atoms with Gasteiger partial charge in [-0.3, -0.25) is 0 Å². The molecule has 11 heavy (non-hydrogen) atoms. The van der Waals surface area contributed by atoms with E-state index in [4.69, 9.17) is 0 Å². The number of ether oxygens (including phenoxy) is 1. The molecule has 0 aromatic carbocycles. The highest BCUT2D eigenvalue weighted by molar-refractivity contribution is 7.94. The molecule has 0 N–H and O–H groups in total. The molecule has 1 atom stereocenters. The third-order valence-corrected chi connectivity index (χ3v) is 1.16. The van der Waals surface area contributed by atoms with Crippen molar-refractivity contribution in [2.75, 3.05) is 0 Å². The van der Waals surface area contributed by atoms with Crippen molar-refractivity contribution in [1.29, 1.82) is 0 Å². The zero-order valence-electron chi connectivity index (χ0n) is 5.41. The molecule has 0 amide bonds. The number of nitrogens with zero attached hydrogens (tertiary/aromatic N) is 1. The highest BCUT2D eigenvalue weighted by Gasteiger charge is 2.07. The smallest absolute Gasteiger partial charge is 0.317 e. The summed E-state index contributed by atoms with van der Waals surface area (Å²) in [6.45, 7) is 0. The first-order valence-electron chi connectivity index (χ1n) is 2.82. The van der Waals surface area contributed by atoms with Crippen molar-refractivity contribution in [2.24, 2.45) is 0 Å². The minimum absolute atomic E-state index is 0.0742. The van der Waals surface area contributed by atoms with Crippen LogP contribution in [0.2, 0.25) is 0 Å². The lowest BCUT2D eigenvalue weighted by Gasteiger charge is -2.03. The van der Waals surface area contributed by atoms with Crippen LogP contribution in [-0.2, 0) is 0 Å². The van der Waals surface area contributed by atoms with Crippen LogP contribution in [0.1, 0.15) is 0 Å². The lowest BCUT2D eigenvalue weighted by molar-refractivity contribution is 0.145. The minimum atomic E-state index is -2.00. The van der Waals surface area contributed by atoms with Gasteiger partial charge in [0.25, 0.3) is 0 Å². The van der Waals surface area contributed by atoms with Crippen molar-refractivity contribution in [3.05, 3.63) is 24.4 Å².